The van der Waals surface area contributed by atoms with Gasteiger partial charge in [0.25, 0.3) is 0 Å². The minimum absolute atomic E-state index is 0.0987. The molecule has 0 aliphatic rings. The van der Waals surface area contributed by atoms with Gasteiger partial charge in [-0.2, -0.15) is 0 Å². The van der Waals surface area contributed by atoms with E-state index < -0.39 is 0 Å². The molecule has 1 unspecified atom stereocenters. The normalized spacial score (nSPS) is 12.5. The van der Waals surface area contributed by atoms with E-state index in [0.717, 1.165) is 29.8 Å². The molecule has 2 rings (SSSR count). The second kappa shape index (κ2) is 7.22. The molecule has 0 radical (unpaired) electrons. The second-order valence-corrected chi connectivity index (χ2v) is 5.29. The summed E-state index contributed by atoms with van der Waals surface area (Å²) < 4.78 is 2.10. The number of hydrogen-bond donors (Lipinski definition) is 2. The van der Waals surface area contributed by atoms with Gasteiger partial charge in [-0.1, -0.05) is 19.1 Å². The summed E-state index contributed by atoms with van der Waals surface area (Å²) in [4.78, 5) is 16.2. The third-order valence-electron chi connectivity index (χ3n) is 3.58. The number of aromatic nitrogens is 2. The zero-order chi connectivity index (χ0) is 15.2. The quantitative estimate of drug-likeness (QED) is 0.820. The van der Waals surface area contributed by atoms with Crippen LogP contribution >= 0.6 is 0 Å². The molecule has 1 amide bonds. The number of nitrogens with zero attached hydrogens (tertiary/aromatic N) is 2. The summed E-state index contributed by atoms with van der Waals surface area (Å²) in [5.41, 5.74) is 2.13. The second-order valence-electron chi connectivity index (χ2n) is 5.29. The number of imidazole rings is 1. The summed E-state index contributed by atoms with van der Waals surface area (Å²) in [5, 5.41) is 6.24. The highest BCUT2D eigenvalue weighted by atomic mass is 16.1. The number of rotatable bonds is 7. The fourth-order valence-corrected chi connectivity index (χ4v) is 2.40. The van der Waals surface area contributed by atoms with Gasteiger partial charge in [-0.05, 0) is 25.5 Å². The predicted octanol–water partition coefficient (Wildman–Crippen LogP) is 2.14. The summed E-state index contributed by atoms with van der Waals surface area (Å²) in [6, 6.07) is 8.21. The maximum atomic E-state index is 11.6. The van der Waals surface area contributed by atoms with Crippen molar-refractivity contribution in [2.24, 2.45) is 7.05 Å². The van der Waals surface area contributed by atoms with Crippen LogP contribution in [0.5, 0.6) is 0 Å². The van der Waals surface area contributed by atoms with Gasteiger partial charge in [-0.25, -0.2) is 4.98 Å². The highest BCUT2D eigenvalue weighted by molar-refractivity contribution is 5.76. The lowest BCUT2D eigenvalue weighted by Gasteiger charge is -2.13. The lowest BCUT2D eigenvalue weighted by atomic mass is 10.3. The van der Waals surface area contributed by atoms with Crippen molar-refractivity contribution in [3.05, 3.63) is 30.1 Å². The number of hydrogen-bond acceptors (Lipinski definition) is 3. The molecule has 0 saturated heterocycles. The van der Waals surface area contributed by atoms with Gasteiger partial charge >= 0.3 is 0 Å². The van der Waals surface area contributed by atoms with E-state index in [4.69, 9.17) is 0 Å². The van der Waals surface area contributed by atoms with E-state index in [1.165, 1.54) is 0 Å². The monoisotopic (exact) mass is 288 g/mol. The fraction of sp³-hybridized carbons (Fsp3) is 0.500. The Labute approximate surface area is 125 Å². The SMILES string of the molecule is CCCNC(=O)CCNC(C)c1nc2ccccc2n1C. The van der Waals surface area contributed by atoms with Crippen molar-refractivity contribution in [3.8, 4) is 0 Å². The Kier molecular flexibility index (Phi) is 5.33. The van der Waals surface area contributed by atoms with Crippen LogP contribution in [-0.4, -0.2) is 28.5 Å². The van der Waals surface area contributed by atoms with Crippen molar-refractivity contribution in [3.63, 3.8) is 0 Å². The topological polar surface area (TPSA) is 59.0 Å². The Morgan fingerprint density at radius 2 is 2.10 bits per heavy atom. The van der Waals surface area contributed by atoms with E-state index >= 15 is 0 Å². The Hall–Kier alpha value is -1.88. The van der Waals surface area contributed by atoms with Crippen LogP contribution in [0.2, 0.25) is 0 Å². The Morgan fingerprint density at radius 3 is 2.81 bits per heavy atom. The molecule has 1 aromatic carbocycles. The number of carbonyl (C=O) groups is 1. The highest BCUT2D eigenvalue weighted by Crippen LogP contribution is 2.18. The highest BCUT2D eigenvalue weighted by Gasteiger charge is 2.13. The molecule has 0 fully saturated rings. The maximum Gasteiger partial charge on any atom is 0.221 e. The first-order chi connectivity index (χ1) is 10.1. The van der Waals surface area contributed by atoms with E-state index in [2.05, 4.69) is 33.2 Å². The van der Waals surface area contributed by atoms with Crippen molar-refractivity contribution in [1.82, 2.24) is 20.2 Å². The Morgan fingerprint density at radius 1 is 1.33 bits per heavy atom. The Balaban J connectivity index is 1.92. The van der Waals surface area contributed by atoms with Crippen LogP contribution in [0.1, 0.15) is 38.6 Å². The van der Waals surface area contributed by atoms with Crippen molar-refractivity contribution >= 4 is 16.9 Å². The first-order valence-electron chi connectivity index (χ1n) is 7.55. The molecule has 0 aliphatic heterocycles. The van der Waals surface area contributed by atoms with Crippen molar-refractivity contribution < 1.29 is 4.79 Å². The predicted molar refractivity (Wildman–Crippen MR) is 85.0 cm³/mol. The summed E-state index contributed by atoms with van der Waals surface area (Å²) in [6.07, 6.45) is 1.46. The molecule has 0 aliphatic carbocycles. The van der Waals surface area contributed by atoms with Gasteiger partial charge in [-0.3, -0.25) is 4.79 Å². The van der Waals surface area contributed by atoms with Gasteiger partial charge in [-0.15, -0.1) is 0 Å². The number of fused-ring (bicyclic) bond motifs is 1. The lowest BCUT2D eigenvalue weighted by Crippen LogP contribution is -2.29. The average Bonchev–Trinajstić information content (AvgIpc) is 2.83. The molecule has 2 N–H and O–H groups in total. The number of aryl methyl sites for hydroxylation is 1. The zero-order valence-corrected chi connectivity index (χ0v) is 13.0. The minimum Gasteiger partial charge on any atom is -0.356 e. The Bertz CT molecular complexity index is 605. The third kappa shape index (κ3) is 3.82. The first kappa shape index (κ1) is 15.5. The molecule has 0 bridgehead atoms. The molecule has 5 nitrogen and oxygen atoms in total. The van der Waals surface area contributed by atoms with E-state index in [0.29, 0.717) is 13.0 Å². The van der Waals surface area contributed by atoms with E-state index in [-0.39, 0.29) is 11.9 Å². The fourth-order valence-electron chi connectivity index (χ4n) is 2.40. The van der Waals surface area contributed by atoms with Gasteiger partial charge < -0.3 is 15.2 Å². The van der Waals surface area contributed by atoms with Gasteiger partial charge in [0, 0.05) is 26.6 Å². The standard InChI is InChI=1S/C16H24N4O/c1-4-10-18-15(21)9-11-17-12(2)16-19-13-7-5-6-8-14(13)20(16)3/h5-8,12,17H,4,9-11H2,1-3H3,(H,18,21). The molecule has 1 atom stereocenters. The summed E-state index contributed by atoms with van der Waals surface area (Å²) >= 11 is 0. The maximum absolute atomic E-state index is 11.6. The summed E-state index contributed by atoms with van der Waals surface area (Å²) in [5.74, 6) is 1.09. The molecular formula is C16H24N4O. The molecule has 1 heterocycles. The van der Waals surface area contributed by atoms with Crippen LogP contribution in [0.25, 0.3) is 11.0 Å². The molecular weight excluding hydrogens is 264 g/mol. The van der Waals surface area contributed by atoms with Crippen LogP contribution in [0.3, 0.4) is 0 Å². The van der Waals surface area contributed by atoms with Crippen LogP contribution in [0, 0.1) is 0 Å². The van der Waals surface area contributed by atoms with Crippen LogP contribution in [-0.2, 0) is 11.8 Å². The largest absolute Gasteiger partial charge is 0.356 e. The number of nitrogens with one attached hydrogen (secondary N) is 2. The van der Waals surface area contributed by atoms with Gasteiger partial charge in [0.05, 0.1) is 17.1 Å². The van der Waals surface area contributed by atoms with Crippen molar-refractivity contribution in [2.75, 3.05) is 13.1 Å². The van der Waals surface area contributed by atoms with Crippen LogP contribution in [0.4, 0.5) is 0 Å². The number of benzene rings is 1. The van der Waals surface area contributed by atoms with Crippen molar-refractivity contribution in [2.45, 2.75) is 32.7 Å². The van der Waals surface area contributed by atoms with E-state index in [1.807, 2.05) is 32.2 Å². The van der Waals surface area contributed by atoms with Gasteiger partial charge in [0.15, 0.2) is 0 Å². The van der Waals surface area contributed by atoms with Gasteiger partial charge in [0.1, 0.15) is 5.82 Å². The van der Waals surface area contributed by atoms with Crippen LogP contribution < -0.4 is 10.6 Å². The van der Waals surface area contributed by atoms with E-state index in [9.17, 15) is 4.79 Å². The van der Waals surface area contributed by atoms with Crippen LogP contribution in [0.15, 0.2) is 24.3 Å². The molecule has 5 heteroatoms. The number of amides is 1. The number of para-hydroxylation sites is 2. The van der Waals surface area contributed by atoms with E-state index in [1.54, 1.807) is 0 Å². The number of carbonyl (C=O) groups excluding carboxylic acids is 1. The molecule has 2 aromatic rings. The molecule has 0 saturated carbocycles. The zero-order valence-electron chi connectivity index (χ0n) is 13.0. The summed E-state index contributed by atoms with van der Waals surface area (Å²) in [6.45, 7) is 5.52. The third-order valence-corrected chi connectivity index (χ3v) is 3.58. The molecule has 0 spiro atoms. The van der Waals surface area contributed by atoms with Crippen molar-refractivity contribution in [1.29, 1.82) is 0 Å². The van der Waals surface area contributed by atoms with Gasteiger partial charge in [0.2, 0.25) is 5.91 Å². The lowest BCUT2D eigenvalue weighted by molar-refractivity contribution is -0.121. The smallest absolute Gasteiger partial charge is 0.221 e. The minimum atomic E-state index is 0.0987. The first-order valence-corrected chi connectivity index (χ1v) is 7.55. The average molecular weight is 288 g/mol. The molecule has 114 valence electrons. The molecule has 1 aromatic heterocycles. The molecule has 21 heavy (non-hydrogen) atoms. The summed E-state index contributed by atoms with van der Waals surface area (Å²) in [7, 11) is 2.02.